The second-order valence-electron chi connectivity index (χ2n) is 5.03. The first kappa shape index (κ1) is 15.2. The van der Waals surface area contributed by atoms with E-state index >= 15 is 0 Å². The van der Waals surface area contributed by atoms with E-state index < -0.39 is 0 Å². The van der Waals surface area contributed by atoms with Gasteiger partial charge in [-0.1, -0.05) is 17.8 Å². The van der Waals surface area contributed by atoms with Crippen LogP contribution in [-0.4, -0.2) is 15.2 Å². The number of phenolic OH excluding ortho intramolecular Hbond substituents is 2. The van der Waals surface area contributed by atoms with Crippen LogP contribution in [-0.2, 0) is 0 Å². The summed E-state index contributed by atoms with van der Waals surface area (Å²) in [7, 11) is 0. The van der Waals surface area contributed by atoms with E-state index in [0.29, 0.717) is 5.69 Å². The Bertz CT molecular complexity index is 867. The fourth-order valence-corrected chi connectivity index (χ4v) is 1.91. The van der Waals surface area contributed by atoms with Crippen molar-refractivity contribution in [2.24, 2.45) is 0 Å². The van der Waals surface area contributed by atoms with E-state index in [0.717, 1.165) is 16.7 Å². The zero-order chi connectivity index (χ0) is 16.8. The third-order valence-electron chi connectivity index (χ3n) is 3.18. The van der Waals surface area contributed by atoms with Crippen molar-refractivity contribution in [1.29, 1.82) is 0 Å². The second kappa shape index (κ2) is 7.05. The summed E-state index contributed by atoms with van der Waals surface area (Å²) < 4.78 is 0. The molecular weight excluding hydrogens is 298 g/mol. The molecule has 0 atom stereocenters. The number of benzene rings is 2. The minimum absolute atomic E-state index is 0.218. The summed E-state index contributed by atoms with van der Waals surface area (Å²) in [5, 5.41) is 18.5. The quantitative estimate of drug-likeness (QED) is 0.626. The Labute approximate surface area is 140 Å². The standard InChI is InChI=1S/C21H13NO2/c23-20-11-5-16(6-12-20)1-2-18-4-10-19(22-15-18)9-3-17-7-13-21(24)14-8-17/h4-8,10-15,23-24H. The lowest BCUT2D eigenvalue weighted by atomic mass is 10.2. The van der Waals surface area contributed by atoms with Gasteiger partial charge in [0.1, 0.15) is 17.2 Å². The molecule has 0 saturated carbocycles. The number of aromatic nitrogens is 1. The van der Waals surface area contributed by atoms with Gasteiger partial charge in [-0.3, -0.25) is 0 Å². The number of hydrogen-bond donors (Lipinski definition) is 2. The summed E-state index contributed by atoms with van der Waals surface area (Å²) in [5.41, 5.74) is 3.08. The van der Waals surface area contributed by atoms with Gasteiger partial charge in [-0.05, 0) is 66.6 Å². The molecule has 0 radical (unpaired) electrons. The van der Waals surface area contributed by atoms with E-state index in [-0.39, 0.29) is 11.5 Å². The molecule has 114 valence electrons. The number of nitrogens with zero attached hydrogens (tertiary/aromatic N) is 1. The zero-order valence-electron chi connectivity index (χ0n) is 12.7. The van der Waals surface area contributed by atoms with Gasteiger partial charge < -0.3 is 10.2 Å². The van der Waals surface area contributed by atoms with Gasteiger partial charge in [0.2, 0.25) is 0 Å². The molecule has 3 nitrogen and oxygen atoms in total. The maximum Gasteiger partial charge on any atom is 0.115 e. The summed E-state index contributed by atoms with van der Waals surface area (Å²) in [6.45, 7) is 0. The summed E-state index contributed by atoms with van der Waals surface area (Å²) in [5.74, 6) is 12.4. The Hall–Kier alpha value is -3.69. The SMILES string of the molecule is Oc1ccc(C#Cc2ccc(C#Cc3ccc(O)cc3)nc2)cc1. The van der Waals surface area contributed by atoms with Crippen LogP contribution < -0.4 is 0 Å². The van der Waals surface area contributed by atoms with Crippen LogP contribution >= 0.6 is 0 Å². The van der Waals surface area contributed by atoms with Gasteiger partial charge in [0.25, 0.3) is 0 Å². The minimum Gasteiger partial charge on any atom is -0.508 e. The highest BCUT2D eigenvalue weighted by atomic mass is 16.3. The van der Waals surface area contributed by atoms with Crippen LogP contribution in [0.2, 0.25) is 0 Å². The summed E-state index contributed by atoms with van der Waals surface area (Å²) in [6.07, 6.45) is 1.67. The fraction of sp³-hybridized carbons (Fsp3) is 0. The Morgan fingerprint density at radius 2 is 1.00 bits per heavy atom. The third-order valence-corrected chi connectivity index (χ3v) is 3.18. The van der Waals surface area contributed by atoms with E-state index in [1.165, 1.54) is 0 Å². The molecule has 3 rings (SSSR count). The number of aromatic hydroxyl groups is 2. The molecule has 0 aliphatic heterocycles. The van der Waals surface area contributed by atoms with Crippen molar-refractivity contribution < 1.29 is 10.2 Å². The Morgan fingerprint density at radius 3 is 1.50 bits per heavy atom. The molecule has 3 heteroatoms. The van der Waals surface area contributed by atoms with Crippen molar-refractivity contribution in [3.63, 3.8) is 0 Å². The molecule has 2 aromatic carbocycles. The maximum atomic E-state index is 9.24. The molecule has 2 N–H and O–H groups in total. The molecule has 0 bridgehead atoms. The van der Waals surface area contributed by atoms with E-state index in [2.05, 4.69) is 28.7 Å². The highest BCUT2D eigenvalue weighted by Crippen LogP contribution is 2.09. The highest BCUT2D eigenvalue weighted by molar-refractivity contribution is 5.46. The lowest BCUT2D eigenvalue weighted by molar-refractivity contribution is 0.474. The van der Waals surface area contributed by atoms with Crippen LogP contribution in [0.15, 0.2) is 66.9 Å². The molecule has 0 aliphatic rings. The molecule has 3 aromatic rings. The molecular formula is C21H13NO2. The summed E-state index contributed by atoms with van der Waals surface area (Å²) in [4.78, 5) is 4.27. The normalized spacial score (nSPS) is 9.33. The van der Waals surface area contributed by atoms with Crippen LogP contribution in [0.25, 0.3) is 0 Å². The first-order valence-corrected chi connectivity index (χ1v) is 7.27. The fourth-order valence-electron chi connectivity index (χ4n) is 1.91. The van der Waals surface area contributed by atoms with Gasteiger partial charge in [-0.25, -0.2) is 4.98 Å². The molecule has 1 heterocycles. The largest absolute Gasteiger partial charge is 0.508 e. The molecule has 0 saturated heterocycles. The summed E-state index contributed by atoms with van der Waals surface area (Å²) in [6, 6.07) is 17.1. The predicted molar refractivity (Wildman–Crippen MR) is 92.4 cm³/mol. The monoisotopic (exact) mass is 311 g/mol. The first-order chi connectivity index (χ1) is 11.7. The van der Waals surface area contributed by atoms with Gasteiger partial charge in [-0.2, -0.15) is 0 Å². The third kappa shape index (κ3) is 4.16. The number of pyridine rings is 1. The van der Waals surface area contributed by atoms with Crippen LogP contribution in [0.3, 0.4) is 0 Å². The Balaban J connectivity index is 1.72. The second-order valence-corrected chi connectivity index (χ2v) is 5.03. The average Bonchev–Trinajstić information content (AvgIpc) is 2.62. The summed E-state index contributed by atoms with van der Waals surface area (Å²) >= 11 is 0. The topological polar surface area (TPSA) is 53.4 Å². The van der Waals surface area contributed by atoms with Crippen LogP contribution in [0.5, 0.6) is 11.5 Å². The van der Waals surface area contributed by atoms with E-state index in [1.807, 2.05) is 12.1 Å². The van der Waals surface area contributed by atoms with Crippen molar-refractivity contribution in [1.82, 2.24) is 4.98 Å². The van der Waals surface area contributed by atoms with Gasteiger partial charge in [0, 0.05) is 22.9 Å². The van der Waals surface area contributed by atoms with E-state index in [9.17, 15) is 10.2 Å². The van der Waals surface area contributed by atoms with Gasteiger partial charge >= 0.3 is 0 Å². The van der Waals surface area contributed by atoms with Crippen LogP contribution in [0.1, 0.15) is 22.4 Å². The predicted octanol–water partition coefficient (Wildman–Crippen LogP) is 3.29. The van der Waals surface area contributed by atoms with Crippen molar-refractivity contribution in [2.45, 2.75) is 0 Å². The molecule has 0 spiro atoms. The lowest BCUT2D eigenvalue weighted by Crippen LogP contribution is -1.84. The minimum atomic E-state index is 0.218. The van der Waals surface area contributed by atoms with E-state index in [4.69, 9.17) is 0 Å². The molecule has 0 amide bonds. The number of hydrogen-bond acceptors (Lipinski definition) is 3. The molecule has 0 aliphatic carbocycles. The van der Waals surface area contributed by atoms with Gasteiger partial charge in [0.05, 0.1) is 0 Å². The smallest absolute Gasteiger partial charge is 0.115 e. The Kier molecular flexibility index (Phi) is 4.47. The van der Waals surface area contributed by atoms with Gasteiger partial charge in [-0.15, -0.1) is 0 Å². The first-order valence-electron chi connectivity index (χ1n) is 7.27. The Morgan fingerprint density at radius 1 is 0.542 bits per heavy atom. The van der Waals surface area contributed by atoms with Crippen LogP contribution in [0, 0.1) is 23.7 Å². The molecule has 1 aromatic heterocycles. The van der Waals surface area contributed by atoms with Gasteiger partial charge in [0.15, 0.2) is 0 Å². The molecule has 0 unspecified atom stereocenters. The van der Waals surface area contributed by atoms with Crippen molar-refractivity contribution in [2.75, 3.05) is 0 Å². The lowest BCUT2D eigenvalue weighted by Gasteiger charge is -1.93. The number of rotatable bonds is 0. The highest BCUT2D eigenvalue weighted by Gasteiger charge is 1.92. The van der Waals surface area contributed by atoms with E-state index in [1.54, 1.807) is 54.7 Å². The maximum absolute atomic E-state index is 9.24. The van der Waals surface area contributed by atoms with Crippen molar-refractivity contribution in [3.8, 4) is 35.2 Å². The van der Waals surface area contributed by atoms with Crippen LogP contribution in [0.4, 0.5) is 0 Å². The number of phenols is 2. The van der Waals surface area contributed by atoms with Crippen molar-refractivity contribution in [3.05, 3.63) is 89.2 Å². The van der Waals surface area contributed by atoms with Crippen molar-refractivity contribution >= 4 is 0 Å². The molecule has 0 fully saturated rings. The zero-order valence-corrected chi connectivity index (χ0v) is 12.7. The average molecular weight is 311 g/mol. The molecule has 24 heavy (non-hydrogen) atoms.